The summed E-state index contributed by atoms with van der Waals surface area (Å²) in [6.45, 7) is 15.1. The van der Waals surface area contributed by atoms with Crippen molar-refractivity contribution >= 4 is 33.5 Å². The Morgan fingerprint density at radius 3 is 1.86 bits per heavy atom. The summed E-state index contributed by atoms with van der Waals surface area (Å²) in [5, 5.41) is 3.94. The zero-order valence-electron chi connectivity index (χ0n) is 35.2. The van der Waals surface area contributed by atoms with Gasteiger partial charge in [0.15, 0.2) is 0 Å². The van der Waals surface area contributed by atoms with Gasteiger partial charge < -0.3 is 9.47 Å². The molecule has 56 heavy (non-hydrogen) atoms. The summed E-state index contributed by atoms with van der Waals surface area (Å²) in [4.78, 5) is 27.7. The van der Waals surface area contributed by atoms with E-state index in [0.29, 0.717) is 39.0 Å². The van der Waals surface area contributed by atoms with Crippen molar-refractivity contribution in [3.05, 3.63) is 83.9 Å². The molecule has 4 heteroatoms. The minimum absolute atomic E-state index is 0.100. The van der Waals surface area contributed by atoms with Gasteiger partial charge in [0.1, 0.15) is 6.10 Å². The fourth-order valence-corrected chi connectivity index (χ4v) is 13.6. The summed E-state index contributed by atoms with van der Waals surface area (Å²) in [5.41, 5.74) is 3.16. The van der Waals surface area contributed by atoms with E-state index < -0.39 is 5.97 Å². The molecule has 0 aliphatic heterocycles. The maximum atomic E-state index is 14.5. The number of esters is 2. The lowest BCUT2D eigenvalue weighted by atomic mass is 9.44. The van der Waals surface area contributed by atoms with Gasteiger partial charge >= 0.3 is 11.9 Å². The molecular weight excluding hydrogens is 689 g/mol. The van der Waals surface area contributed by atoms with Crippen LogP contribution in [0.4, 0.5) is 0 Å². The van der Waals surface area contributed by atoms with E-state index in [4.69, 9.17) is 9.47 Å². The molecule has 0 radical (unpaired) electrons. The van der Waals surface area contributed by atoms with Gasteiger partial charge in [-0.05, 0) is 179 Å². The fraction of sp³-hybridized carbons (Fsp3) is 0.577. The molecule has 298 valence electrons. The molecule has 0 spiro atoms. The average Bonchev–Trinajstić information content (AvgIpc) is 3.57. The van der Waals surface area contributed by atoms with Crippen molar-refractivity contribution in [1.82, 2.24) is 0 Å². The first-order chi connectivity index (χ1) is 26.9. The predicted octanol–water partition coefficient (Wildman–Crippen LogP) is 13.7. The van der Waals surface area contributed by atoms with Crippen molar-refractivity contribution in [2.75, 3.05) is 7.11 Å². The van der Waals surface area contributed by atoms with E-state index in [9.17, 15) is 9.59 Å². The monoisotopic (exact) mass is 754 g/mol. The van der Waals surface area contributed by atoms with Crippen LogP contribution >= 0.6 is 0 Å². The second-order valence-corrected chi connectivity index (χ2v) is 19.6. The Kier molecular flexibility index (Phi) is 10.9. The number of fused-ring (bicyclic) bond motifs is 7. The molecule has 0 amide bonds. The molecule has 10 atom stereocenters. The van der Waals surface area contributed by atoms with Gasteiger partial charge in [-0.15, -0.1) is 0 Å². The summed E-state index contributed by atoms with van der Waals surface area (Å²) in [6.07, 6.45) is 15.2. The molecule has 0 bridgehead atoms. The summed E-state index contributed by atoms with van der Waals surface area (Å²) in [6, 6.07) is 24.0. The minimum Gasteiger partial charge on any atom is -0.465 e. The lowest BCUT2D eigenvalue weighted by Crippen LogP contribution is -2.54. The van der Waals surface area contributed by atoms with E-state index in [1.54, 1.807) is 0 Å². The molecule has 4 fully saturated rings. The highest BCUT2D eigenvalue weighted by Gasteiger charge is 2.60. The molecular formula is C52H66O4. The SMILES string of the molecule is CC[C@H](CC[C@@H](C)[C@H]1CC[C@H]2[C@@H]3CC[C@H]4C[C@@H](OC(=O)c5cc6ccccc6cc5-c5cc6ccccc6cc5C(=O)OC)CC[C@]4(C)[C@H]3CC[C@]12C)C(C)C. The summed E-state index contributed by atoms with van der Waals surface area (Å²) in [7, 11) is 1.41. The maximum absolute atomic E-state index is 14.5. The first-order valence-corrected chi connectivity index (χ1v) is 22.3. The van der Waals surface area contributed by atoms with Crippen LogP contribution in [0.3, 0.4) is 0 Å². The van der Waals surface area contributed by atoms with Gasteiger partial charge in [0, 0.05) is 0 Å². The van der Waals surface area contributed by atoms with Gasteiger partial charge in [-0.25, -0.2) is 9.59 Å². The topological polar surface area (TPSA) is 52.6 Å². The fourth-order valence-electron chi connectivity index (χ4n) is 13.6. The predicted molar refractivity (Wildman–Crippen MR) is 230 cm³/mol. The molecule has 0 aromatic heterocycles. The third kappa shape index (κ3) is 6.89. The van der Waals surface area contributed by atoms with Crippen molar-refractivity contribution < 1.29 is 19.1 Å². The third-order valence-electron chi connectivity index (χ3n) is 16.8. The molecule has 0 N–H and O–H groups in total. The highest BCUT2D eigenvalue weighted by molar-refractivity contribution is 6.09. The number of ether oxygens (including phenoxy) is 2. The first-order valence-electron chi connectivity index (χ1n) is 22.3. The molecule has 4 aromatic rings. The average molecular weight is 755 g/mol. The van der Waals surface area contributed by atoms with E-state index in [1.165, 1.54) is 64.9 Å². The summed E-state index contributed by atoms with van der Waals surface area (Å²) < 4.78 is 11.8. The van der Waals surface area contributed by atoms with Crippen LogP contribution < -0.4 is 0 Å². The Hall–Kier alpha value is -3.66. The molecule has 4 saturated carbocycles. The standard InChI is InChI=1S/C52H66O4/c1-8-34(32(2)3)18-17-33(4)46-21-22-47-41-20-19-39-31-40(23-25-51(39,5)48(41)24-26-52(46,47)6)56-50(54)45-30-38-16-12-10-14-36(38)28-43(45)42-27-35-13-9-11-15-37(35)29-44(42)49(53)55-7/h9-16,27-30,32-34,39-41,46-48H,8,17-26,31H2,1-7H3/t33-,34-,39+,40+,41+,46-,47+,48+,51+,52-/m1/s1. The first kappa shape index (κ1) is 39.2. The second kappa shape index (κ2) is 15.6. The Morgan fingerprint density at radius 1 is 0.696 bits per heavy atom. The molecule has 4 aromatic carbocycles. The highest BCUT2D eigenvalue weighted by atomic mass is 16.5. The Balaban J connectivity index is 1.00. The van der Waals surface area contributed by atoms with Crippen LogP contribution in [0.5, 0.6) is 0 Å². The summed E-state index contributed by atoms with van der Waals surface area (Å²) in [5.74, 6) is 5.71. The third-order valence-corrected chi connectivity index (χ3v) is 16.8. The number of hydrogen-bond acceptors (Lipinski definition) is 4. The summed E-state index contributed by atoms with van der Waals surface area (Å²) >= 11 is 0. The molecule has 0 saturated heterocycles. The Labute approximate surface area is 336 Å². The van der Waals surface area contributed by atoms with E-state index in [0.717, 1.165) is 82.2 Å². The van der Waals surface area contributed by atoms with Crippen LogP contribution in [-0.4, -0.2) is 25.2 Å². The van der Waals surface area contributed by atoms with Crippen molar-refractivity contribution in [2.24, 2.45) is 58.2 Å². The van der Waals surface area contributed by atoms with Crippen LogP contribution in [0.15, 0.2) is 72.8 Å². The van der Waals surface area contributed by atoms with Crippen LogP contribution in [0.1, 0.15) is 139 Å². The van der Waals surface area contributed by atoms with Gasteiger partial charge in [-0.2, -0.15) is 0 Å². The van der Waals surface area contributed by atoms with Gasteiger partial charge in [-0.3, -0.25) is 0 Å². The number of carbonyl (C=O) groups is 2. The molecule has 0 unspecified atom stereocenters. The number of rotatable bonds is 10. The van der Waals surface area contributed by atoms with E-state index >= 15 is 0 Å². The second-order valence-electron chi connectivity index (χ2n) is 19.6. The van der Waals surface area contributed by atoms with E-state index in [1.807, 2.05) is 66.7 Å². The molecule has 4 aliphatic rings. The van der Waals surface area contributed by atoms with Crippen LogP contribution in [0.2, 0.25) is 0 Å². The van der Waals surface area contributed by atoms with Gasteiger partial charge in [0.25, 0.3) is 0 Å². The largest absolute Gasteiger partial charge is 0.465 e. The quantitative estimate of drug-likeness (QED) is 0.151. The maximum Gasteiger partial charge on any atom is 0.339 e. The lowest BCUT2D eigenvalue weighted by Gasteiger charge is -2.61. The number of carbonyl (C=O) groups excluding carboxylic acids is 2. The Bertz CT molecular complexity index is 2080. The number of hydrogen-bond donors (Lipinski definition) is 0. The zero-order chi connectivity index (χ0) is 39.4. The number of benzene rings is 4. The van der Waals surface area contributed by atoms with Crippen molar-refractivity contribution in [3.63, 3.8) is 0 Å². The van der Waals surface area contributed by atoms with Crippen molar-refractivity contribution in [3.8, 4) is 11.1 Å². The van der Waals surface area contributed by atoms with E-state index in [2.05, 4.69) is 47.6 Å². The van der Waals surface area contributed by atoms with Gasteiger partial charge in [0.05, 0.1) is 18.2 Å². The smallest absolute Gasteiger partial charge is 0.339 e. The lowest BCUT2D eigenvalue weighted by molar-refractivity contribution is -0.130. The number of methoxy groups -OCH3 is 1. The normalized spacial score (nSPS) is 31.0. The molecule has 4 aliphatic carbocycles. The molecule has 4 nitrogen and oxygen atoms in total. The minimum atomic E-state index is -0.419. The molecule has 0 heterocycles. The zero-order valence-corrected chi connectivity index (χ0v) is 35.2. The Morgan fingerprint density at radius 2 is 1.27 bits per heavy atom. The molecule has 8 rings (SSSR count). The van der Waals surface area contributed by atoms with Crippen LogP contribution in [0.25, 0.3) is 32.7 Å². The van der Waals surface area contributed by atoms with Crippen LogP contribution in [-0.2, 0) is 9.47 Å². The highest BCUT2D eigenvalue weighted by Crippen LogP contribution is 2.68. The van der Waals surface area contributed by atoms with Crippen molar-refractivity contribution in [1.29, 1.82) is 0 Å². The van der Waals surface area contributed by atoms with Crippen LogP contribution in [0, 0.1) is 58.2 Å². The van der Waals surface area contributed by atoms with Crippen molar-refractivity contribution in [2.45, 2.75) is 125 Å². The van der Waals surface area contributed by atoms with E-state index in [-0.39, 0.29) is 12.1 Å². The van der Waals surface area contributed by atoms with Gasteiger partial charge in [0.2, 0.25) is 0 Å². The van der Waals surface area contributed by atoms with Gasteiger partial charge in [-0.1, -0.05) is 103 Å².